The van der Waals surface area contributed by atoms with Crippen molar-refractivity contribution in [2.45, 2.75) is 25.4 Å². The first-order chi connectivity index (χ1) is 12.8. The van der Waals surface area contributed by atoms with Crippen molar-refractivity contribution in [1.82, 2.24) is 15.2 Å². The zero-order valence-electron chi connectivity index (χ0n) is 14.7. The van der Waals surface area contributed by atoms with E-state index in [1.54, 1.807) is 18.3 Å². The standard InChI is InChI=1S/C20H23N5O/c21-14-17-8-4-10-22-19(17)23-11-12-24-20(26)18-9-5-13-25(18)15-16-6-2-1-3-7-16/h1-4,6-8,10,18H,5,9,11-13,15H2,(H,22,23)(H,24,26)/t18-/m1/s1. The average molecular weight is 349 g/mol. The van der Waals surface area contributed by atoms with E-state index in [0.717, 1.165) is 25.9 Å². The zero-order chi connectivity index (χ0) is 18.2. The Balaban J connectivity index is 1.46. The van der Waals surface area contributed by atoms with Crippen LogP contribution in [0.5, 0.6) is 0 Å². The maximum atomic E-state index is 12.5. The number of carbonyl (C=O) groups is 1. The number of amides is 1. The van der Waals surface area contributed by atoms with Gasteiger partial charge in [0.25, 0.3) is 0 Å². The number of nitrogens with zero attached hydrogens (tertiary/aromatic N) is 3. The maximum absolute atomic E-state index is 12.5. The van der Waals surface area contributed by atoms with E-state index in [1.807, 2.05) is 18.2 Å². The Morgan fingerprint density at radius 1 is 1.23 bits per heavy atom. The lowest BCUT2D eigenvalue weighted by Crippen LogP contribution is -2.44. The van der Waals surface area contributed by atoms with Gasteiger partial charge in [0.1, 0.15) is 11.9 Å². The van der Waals surface area contributed by atoms with Gasteiger partial charge in [-0.2, -0.15) is 5.26 Å². The Bertz CT molecular complexity index is 771. The molecule has 1 aliphatic rings. The fourth-order valence-electron chi connectivity index (χ4n) is 3.25. The lowest BCUT2D eigenvalue weighted by Gasteiger charge is -2.23. The van der Waals surface area contributed by atoms with E-state index in [-0.39, 0.29) is 11.9 Å². The molecular weight excluding hydrogens is 326 g/mol. The van der Waals surface area contributed by atoms with Gasteiger partial charge in [0.05, 0.1) is 11.6 Å². The topological polar surface area (TPSA) is 81.0 Å². The molecule has 0 aliphatic carbocycles. The Kier molecular flexibility index (Phi) is 6.18. The smallest absolute Gasteiger partial charge is 0.237 e. The van der Waals surface area contributed by atoms with Gasteiger partial charge in [-0.25, -0.2) is 4.98 Å². The van der Waals surface area contributed by atoms with Gasteiger partial charge in [0.15, 0.2) is 0 Å². The zero-order valence-corrected chi connectivity index (χ0v) is 14.7. The summed E-state index contributed by atoms with van der Waals surface area (Å²) >= 11 is 0. The van der Waals surface area contributed by atoms with E-state index < -0.39 is 0 Å². The summed E-state index contributed by atoms with van der Waals surface area (Å²) < 4.78 is 0. The van der Waals surface area contributed by atoms with Crippen molar-refractivity contribution in [3.8, 4) is 6.07 Å². The van der Waals surface area contributed by atoms with Crippen LogP contribution in [0.1, 0.15) is 24.0 Å². The van der Waals surface area contributed by atoms with E-state index in [2.05, 4.69) is 38.7 Å². The summed E-state index contributed by atoms with van der Waals surface area (Å²) in [5.74, 6) is 0.623. The quantitative estimate of drug-likeness (QED) is 0.749. The number of nitriles is 1. The number of nitrogens with one attached hydrogen (secondary N) is 2. The van der Waals surface area contributed by atoms with Crippen molar-refractivity contribution < 1.29 is 4.79 Å². The first-order valence-corrected chi connectivity index (χ1v) is 8.92. The van der Waals surface area contributed by atoms with Gasteiger partial charge in [-0.3, -0.25) is 9.69 Å². The number of pyridine rings is 1. The lowest BCUT2D eigenvalue weighted by molar-refractivity contribution is -0.125. The minimum absolute atomic E-state index is 0.0697. The highest BCUT2D eigenvalue weighted by molar-refractivity contribution is 5.82. The molecule has 0 unspecified atom stereocenters. The molecule has 1 saturated heterocycles. The fourth-order valence-corrected chi connectivity index (χ4v) is 3.25. The summed E-state index contributed by atoms with van der Waals surface area (Å²) in [6, 6.07) is 15.7. The number of benzene rings is 1. The van der Waals surface area contributed by atoms with Crippen LogP contribution in [0.25, 0.3) is 0 Å². The van der Waals surface area contributed by atoms with Gasteiger partial charge in [0, 0.05) is 25.8 Å². The van der Waals surface area contributed by atoms with Crippen molar-refractivity contribution >= 4 is 11.7 Å². The molecule has 1 aromatic carbocycles. The highest BCUT2D eigenvalue weighted by Crippen LogP contribution is 2.20. The lowest BCUT2D eigenvalue weighted by atomic mass is 10.1. The predicted molar refractivity (Wildman–Crippen MR) is 100 cm³/mol. The molecule has 26 heavy (non-hydrogen) atoms. The number of aromatic nitrogens is 1. The van der Waals surface area contributed by atoms with Crippen LogP contribution in [0.4, 0.5) is 5.82 Å². The molecule has 0 saturated carbocycles. The third-order valence-electron chi connectivity index (χ3n) is 4.54. The van der Waals surface area contributed by atoms with Crippen LogP contribution in [-0.4, -0.2) is 41.5 Å². The van der Waals surface area contributed by atoms with Crippen molar-refractivity contribution in [2.75, 3.05) is 25.0 Å². The number of hydrogen-bond acceptors (Lipinski definition) is 5. The Hall–Kier alpha value is -2.91. The molecule has 134 valence electrons. The largest absolute Gasteiger partial charge is 0.367 e. The third kappa shape index (κ3) is 4.58. The van der Waals surface area contributed by atoms with Gasteiger partial charge < -0.3 is 10.6 Å². The van der Waals surface area contributed by atoms with Crippen molar-refractivity contribution in [3.63, 3.8) is 0 Å². The van der Waals surface area contributed by atoms with E-state index in [0.29, 0.717) is 24.5 Å². The average Bonchev–Trinajstić information content (AvgIpc) is 3.14. The molecule has 3 rings (SSSR count). The van der Waals surface area contributed by atoms with E-state index in [9.17, 15) is 4.79 Å². The number of likely N-dealkylation sites (tertiary alicyclic amines) is 1. The Morgan fingerprint density at radius 2 is 2.08 bits per heavy atom. The van der Waals surface area contributed by atoms with Crippen molar-refractivity contribution in [2.24, 2.45) is 0 Å². The van der Waals surface area contributed by atoms with Gasteiger partial charge in [-0.15, -0.1) is 0 Å². The molecule has 6 nitrogen and oxygen atoms in total. The molecule has 0 bridgehead atoms. The minimum Gasteiger partial charge on any atom is -0.367 e. The molecule has 1 amide bonds. The van der Waals surface area contributed by atoms with Crippen molar-refractivity contribution in [3.05, 3.63) is 59.8 Å². The summed E-state index contributed by atoms with van der Waals surface area (Å²) in [5.41, 5.74) is 1.73. The van der Waals surface area contributed by atoms with Crippen LogP contribution >= 0.6 is 0 Å². The van der Waals surface area contributed by atoms with Crippen molar-refractivity contribution in [1.29, 1.82) is 5.26 Å². The molecule has 2 aromatic rings. The Labute approximate surface area is 153 Å². The number of carbonyl (C=O) groups excluding carboxylic acids is 1. The molecule has 0 radical (unpaired) electrons. The first-order valence-electron chi connectivity index (χ1n) is 8.92. The minimum atomic E-state index is -0.0697. The SMILES string of the molecule is N#Cc1cccnc1NCCNC(=O)[C@H]1CCCN1Cc1ccccc1. The number of anilines is 1. The van der Waals surface area contributed by atoms with Crippen LogP contribution in [-0.2, 0) is 11.3 Å². The Morgan fingerprint density at radius 3 is 2.88 bits per heavy atom. The van der Waals surface area contributed by atoms with Crippen LogP contribution in [0, 0.1) is 11.3 Å². The summed E-state index contributed by atoms with van der Waals surface area (Å²) in [6.45, 7) is 2.78. The number of hydrogen-bond donors (Lipinski definition) is 2. The highest BCUT2D eigenvalue weighted by Gasteiger charge is 2.30. The maximum Gasteiger partial charge on any atom is 0.237 e. The second-order valence-corrected chi connectivity index (χ2v) is 6.34. The molecule has 6 heteroatoms. The molecule has 1 aromatic heterocycles. The van der Waals surface area contributed by atoms with Crippen LogP contribution < -0.4 is 10.6 Å². The third-order valence-corrected chi connectivity index (χ3v) is 4.54. The normalized spacial score (nSPS) is 16.8. The fraction of sp³-hybridized carbons (Fsp3) is 0.350. The highest BCUT2D eigenvalue weighted by atomic mass is 16.2. The van der Waals surface area contributed by atoms with Gasteiger partial charge in [0.2, 0.25) is 5.91 Å². The van der Waals surface area contributed by atoms with Gasteiger partial charge in [-0.1, -0.05) is 30.3 Å². The molecule has 2 heterocycles. The summed E-state index contributed by atoms with van der Waals surface area (Å²) in [7, 11) is 0. The molecule has 2 N–H and O–H groups in total. The van der Waals surface area contributed by atoms with Gasteiger partial charge >= 0.3 is 0 Å². The predicted octanol–water partition coefficient (Wildman–Crippen LogP) is 2.15. The van der Waals surface area contributed by atoms with E-state index in [1.165, 1.54) is 5.56 Å². The molecule has 1 atom stereocenters. The summed E-state index contributed by atoms with van der Waals surface area (Å²) in [5, 5.41) is 15.1. The molecule has 0 spiro atoms. The van der Waals surface area contributed by atoms with Gasteiger partial charge in [-0.05, 0) is 37.1 Å². The summed E-state index contributed by atoms with van der Waals surface area (Å²) in [4.78, 5) is 18.9. The van der Waals surface area contributed by atoms with Crippen LogP contribution in [0.15, 0.2) is 48.7 Å². The van der Waals surface area contributed by atoms with Crippen LogP contribution in [0.2, 0.25) is 0 Å². The first kappa shape index (κ1) is 17.9. The molecular formula is C20H23N5O. The number of rotatable bonds is 7. The second-order valence-electron chi connectivity index (χ2n) is 6.34. The summed E-state index contributed by atoms with van der Waals surface area (Å²) in [6.07, 6.45) is 3.58. The van der Waals surface area contributed by atoms with E-state index >= 15 is 0 Å². The molecule has 1 aliphatic heterocycles. The molecule has 1 fully saturated rings. The monoisotopic (exact) mass is 349 g/mol. The second kappa shape index (κ2) is 8.97. The van der Waals surface area contributed by atoms with Crippen LogP contribution in [0.3, 0.4) is 0 Å². The van der Waals surface area contributed by atoms with E-state index in [4.69, 9.17) is 5.26 Å².